The molecule has 0 saturated carbocycles. The summed E-state index contributed by atoms with van der Waals surface area (Å²) in [7, 11) is 2.25. The Morgan fingerprint density at radius 3 is 2.05 bits per heavy atom. The molecular weight excluding hydrogens is 285 g/mol. The molecule has 1 rings (SSSR count). The predicted molar refractivity (Wildman–Crippen MR) is 99.8 cm³/mol. The van der Waals surface area contributed by atoms with Crippen molar-refractivity contribution in [2.75, 3.05) is 20.1 Å². The molecule has 1 aliphatic heterocycles. The quantitative estimate of drug-likeness (QED) is 0.328. The molecule has 0 aromatic carbocycles. The van der Waals surface area contributed by atoms with Crippen LogP contribution in [0, 0.1) is 5.92 Å². The summed E-state index contributed by atoms with van der Waals surface area (Å²) >= 11 is -0.972. The fourth-order valence-electron chi connectivity index (χ4n) is 3.64. The minimum Gasteiger partial charge on any atom is -0.498 e. The molecule has 22 heavy (non-hydrogen) atoms. The Labute approximate surface area is 144 Å². The van der Waals surface area contributed by atoms with Crippen LogP contribution in [0.3, 0.4) is 0 Å². The molecule has 0 aromatic rings. The van der Waals surface area contributed by atoms with Gasteiger partial charge in [-0.1, -0.05) is 75.8 Å². The first-order chi connectivity index (χ1) is 10.7. The topological polar surface area (TPSA) is 12.5 Å². The second kappa shape index (κ2) is 12.8. The van der Waals surface area contributed by atoms with Gasteiger partial charge in [0.15, 0.2) is 0 Å². The van der Waals surface area contributed by atoms with E-state index in [0.717, 1.165) is 5.92 Å². The van der Waals surface area contributed by atoms with Gasteiger partial charge in [-0.3, -0.25) is 0 Å². The fourth-order valence-corrected chi connectivity index (χ4v) is 6.52. The molecule has 1 fully saturated rings. The second-order valence-corrected chi connectivity index (χ2v) is 10.1. The predicted octanol–water partition coefficient (Wildman–Crippen LogP) is 5.50. The SMILES string of the molecule is CCCCC[CH2][Al]([CH2]CCCCC)[O]C(C)C1CCN(C)C1. The molecule has 1 heterocycles. The molecule has 0 radical (unpaired) electrons. The maximum atomic E-state index is 6.66. The monoisotopic (exact) mass is 325 g/mol. The van der Waals surface area contributed by atoms with Gasteiger partial charge in [0.2, 0.25) is 0 Å². The normalized spacial score (nSPS) is 20.5. The zero-order chi connectivity index (χ0) is 16.2. The average Bonchev–Trinajstić information content (AvgIpc) is 2.94. The molecule has 2 nitrogen and oxygen atoms in total. The maximum absolute atomic E-state index is 6.66. The van der Waals surface area contributed by atoms with E-state index in [1.807, 2.05) is 0 Å². The molecule has 2 atom stereocenters. The van der Waals surface area contributed by atoms with Gasteiger partial charge in [0.25, 0.3) is 0 Å². The second-order valence-electron chi connectivity index (χ2n) is 7.47. The summed E-state index contributed by atoms with van der Waals surface area (Å²) in [6.07, 6.45) is 13.0. The van der Waals surface area contributed by atoms with Crippen LogP contribution in [0.5, 0.6) is 0 Å². The molecule has 0 bridgehead atoms. The van der Waals surface area contributed by atoms with Crippen molar-refractivity contribution in [2.24, 2.45) is 5.92 Å². The minimum absolute atomic E-state index is 0.499. The van der Waals surface area contributed by atoms with Crippen LogP contribution in [0.1, 0.15) is 78.6 Å². The Balaban J connectivity index is 2.31. The standard InChI is InChI=1S/C7H14NO.2C6H13.Al/c1-6(9)7-3-4-8(2)5-7;2*1-3-5-6-4-2;/h6-7H,3-5H2,1-2H3;2*1,3-6H2,2H3;/q-1;;;+1. The van der Waals surface area contributed by atoms with Crippen LogP contribution in [-0.2, 0) is 3.79 Å². The van der Waals surface area contributed by atoms with E-state index in [4.69, 9.17) is 3.79 Å². The van der Waals surface area contributed by atoms with Gasteiger partial charge in [-0.2, -0.15) is 0 Å². The number of nitrogens with zero attached hydrogens (tertiary/aromatic N) is 1. The summed E-state index contributed by atoms with van der Waals surface area (Å²) in [5, 5.41) is 2.83. The van der Waals surface area contributed by atoms with Gasteiger partial charge in [0.1, 0.15) is 0 Å². The third kappa shape index (κ3) is 8.92. The summed E-state index contributed by atoms with van der Waals surface area (Å²) in [4.78, 5) is 2.46. The third-order valence-electron chi connectivity index (χ3n) is 5.26. The van der Waals surface area contributed by atoms with Crippen LogP contribution in [0.25, 0.3) is 0 Å². The van der Waals surface area contributed by atoms with Crippen molar-refractivity contribution >= 4 is 14.5 Å². The Morgan fingerprint density at radius 1 is 1.00 bits per heavy atom. The summed E-state index contributed by atoms with van der Waals surface area (Å²) < 4.78 is 6.66. The van der Waals surface area contributed by atoms with Gasteiger partial charge >= 0.3 is 14.5 Å². The number of unbranched alkanes of at least 4 members (excludes halogenated alkanes) is 6. The Morgan fingerprint density at radius 2 is 1.59 bits per heavy atom. The highest BCUT2D eigenvalue weighted by molar-refractivity contribution is 6.51. The first-order valence-electron chi connectivity index (χ1n) is 10.0. The smallest absolute Gasteiger partial charge is 0.460 e. The molecule has 130 valence electrons. The average molecular weight is 326 g/mol. The maximum Gasteiger partial charge on any atom is 0.460 e. The number of hydrogen-bond acceptors (Lipinski definition) is 2. The minimum atomic E-state index is -0.972. The lowest BCUT2D eigenvalue weighted by molar-refractivity contribution is 0.151. The van der Waals surface area contributed by atoms with E-state index in [9.17, 15) is 0 Å². The van der Waals surface area contributed by atoms with Gasteiger partial charge in [-0.25, -0.2) is 0 Å². The summed E-state index contributed by atoms with van der Waals surface area (Å²) in [6, 6.07) is 0. The molecule has 0 N–H and O–H groups in total. The zero-order valence-electron chi connectivity index (χ0n) is 15.8. The van der Waals surface area contributed by atoms with E-state index in [1.165, 1.54) is 81.4 Å². The van der Waals surface area contributed by atoms with E-state index in [-0.39, 0.29) is 0 Å². The first-order valence-corrected chi connectivity index (χ1v) is 12.1. The van der Waals surface area contributed by atoms with Gasteiger partial charge in [0.05, 0.1) is 0 Å². The van der Waals surface area contributed by atoms with Gasteiger partial charge in [-0.15, -0.1) is 0 Å². The van der Waals surface area contributed by atoms with Crippen molar-refractivity contribution in [1.82, 2.24) is 4.90 Å². The number of rotatable bonds is 13. The van der Waals surface area contributed by atoms with Crippen LogP contribution < -0.4 is 0 Å². The zero-order valence-corrected chi connectivity index (χ0v) is 16.9. The molecule has 1 saturated heterocycles. The van der Waals surface area contributed by atoms with Gasteiger partial charge < -0.3 is 8.69 Å². The molecule has 0 aromatic heterocycles. The molecule has 0 amide bonds. The van der Waals surface area contributed by atoms with Crippen molar-refractivity contribution in [3.8, 4) is 0 Å². The highest BCUT2D eigenvalue weighted by Crippen LogP contribution is 2.23. The Bertz CT molecular complexity index is 250. The van der Waals surface area contributed by atoms with Crippen molar-refractivity contribution in [2.45, 2.75) is 95.2 Å². The van der Waals surface area contributed by atoms with Crippen molar-refractivity contribution < 1.29 is 3.79 Å². The van der Waals surface area contributed by atoms with Gasteiger partial charge in [-0.05, 0) is 32.9 Å². The Kier molecular flexibility index (Phi) is 11.9. The molecule has 0 spiro atoms. The lowest BCUT2D eigenvalue weighted by Gasteiger charge is -2.25. The Hall–Kier alpha value is 0.452. The first kappa shape index (κ1) is 20.5. The van der Waals surface area contributed by atoms with Crippen LogP contribution >= 0.6 is 0 Å². The van der Waals surface area contributed by atoms with Gasteiger partial charge in [0, 0.05) is 12.6 Å². The molecule has 1 aliphatic rings. The van der Waals surface area contributed by atoms with E-state index < -0.39 is 14.5 Å². The highest BCUT2D eigenvalue weighted by Gasteiger charge is 2.29. The van der Waals surface area contributed by atoms with Crippen LogP contribution in [0.4, 0.5) is 0 Å². The number of likely N-dealkylation sites (tertiary alicyclic amines) is 1. The fraction of sp³-hybridized carbons (Fsp3) is 1.00. The summed E-state index contributed by atoms with van der Waals surface area (Å²) in [6.45, 7) is 9.46. The highest BCUT2D eigenvalue weighted by atomic mass is 27.2. The largest absolute Gasteiger partial charge is 0.498 e. The van der Waals surface area contributed by atoms with Crippen molar-refractivity contribution in [3.63, 3.8) is 0 Å². The summed E-state index contributed by atoms with van der Waals surface area (Å²) in [5.74, 6) is 0.784. The van der Waals surface area contributed by atoms with E-state index >= 15 is 0 Å². The lowest BCUT2D eigenvalue weighted by atomic mass is 10.0. The van der Waals surface area contributed by atoms with Crippen LogP contribution in [-0.4, -0.2) is 45.6 Å². The van der Waals surface area contributed by atoms with E-state index in [1.54, 1.807) is 0 Å². The van der Waals surface area contributed by atoms with Crippen LogP contribution in [0.2, 0.25) is 10.6 Å². The molecular formula is C19H40AlNO. The molecule has 2 unspecified atom stereocenters. The van der Waals surface area contributed by atoms with E-state index in [2.05, 4.69) is 32.7 Å². The molecule has 0 aliphatic carbocycles. The van der Waals surface area contributed by atoms with Crippen molar-refractivity contribution in [1.29, 1.82) is 0 Å². The third-order valence-corrected chi connectivity index (χ3v) is 8.18. The number of hydrogen-bond donors (Lipinski definition) is 0. The lowest BCUT2D eigenvalue weighted by Crippen LogP contribution is -2.31. The van der Waals surface area contributed by atoms with E-state index in [0.29, 0.717) is 6.10 Å². The van der Waals surface area contributed by atoms with Crippen LogP contribution in [0.15, 0.2) is 0 Å². The van der Waals surface area contributed by atoms with Crippen molar-refractivity contribution in [3.05, 3.63) is 0 Å². The molecule has 3 heteroatoms. The summed E-state index contributed by atoms with van der Waals surface area (Å²) in [5.41, 5.74) is 0.